The molecule has 0 radical (unpaired) electrons. The van der Waals surface area contributed by atoms with Gasteiger partial charge in [0.2, 0.25) is 5.91 Å². The van der Waals surface area contributed by atoms with Crippen LogP contribution in [0.2, 0.25) is 0 Å². The van der Waals surface area contributed by atoms with E-state index in [1.807, 2.05) is 0 Å². The zero-order chi connectivity index (χ0) is 21.6. The second-order valence-electron chi connectivity index (χ2n) is 7.48. The standard InChI is InChI=1S/C24H23FN2O4/c25-19-8-6-17(7-9-19)16-31-21-4-1-3-20(15-21)26-23(28)18-10-12-27(13-11-18)24(29)22-5-2-14-30-22/h1-9,14-15,18H,10-13,16H2,(H,26,28). The van der Waals surface area contributed by atoms with Crippen LogP contribution in [-0.2, 0) is 11.4 Å². The Morgan fingerprint density at radius 3 is 2.55 bits per heavy atom. The van der Waals surface area contributed by atoms with Crippen LogP contribution >= 0.6 is 0 Å². The molecule has 31 heavy (non-hydrogen) atoms. The molecule has 1 saturated heterocycles. The summed E-state index contributed by atoms with van der Waals surface area (Å²) in [5.41, 5.74) is 1.50. The summed E-state index contributed by atoms with van der Waals surface area (Å²) in [5, 5.41) is 2.94. The Morgan fingerprint density at radius 2 is 1.84 bits per heavy atom. The molecule has 1 fully saturated rings. The van der Waals surface area contributed by atoms with Crippen molar-refractivity contribution in [3.05, 3.63) is 84.1 Å². The number of benzene rings is 2. The smallest absolute Gasteiger partial charge is 0.289 e. The summed E-state index contributed by atoms with van der Waals surface area (Å²) in [6.45, 7) is 1.33. The van der Waals surface area contributed by atoms with Crippen LogP contribution in [0.15, 0.2) is 71.3 Å². The van der Waals surface area contributed by atoms with Crippen LogP contribution in [0.1, 0.15) is 29.0 Å². The van der Waals surface area contributed by atoms with Gasteiger partial charge in [0.05, 0.1) is 6.26 Å². The number of hydrogen-bond acceptors (Lipinski definition) is 4. The lowest BCUT2D eigenvalue weighted by Gasteiger charge is -2.30. The number of halogens is 1. The normalized spacial score (nSPS) is 14.3. The Bertz CT molecular complexity index is 1030. The van der Waals surface area contributed by atoms with E-state index in [9.17, 15) is 14.0 Å². The van der Waals surface area contributed by atoms with Gasteiger partial charge in [0.1, 0.15) is 18.2 Å². The predicted octanol–water partition coefficient (Wildman–Crippen LogP) is 4.49. The molecule has 2 aromatic carbocycles. The number of piperidine rings is 1. The van der Waals surface area contributed by atoms with Gasteiger partial charge in [-0.15, -0.1) is 0 Å². The van der Waals surface area contributed by atoms with Crippen LogP contribution in [0, 0.1) is 11.7 Å². The maximum atomic E-state index is 13.0. The molecule has 6 nitrogen and oxygen atoms in total. The zero-order valence-electron chi connectivity index (χ0n) is 16.9. The third-order valence-corrected chi connectivity index (χ3v) is 5.31. The molecular formula is C24H23FN2O4. The molecule has 3 aromatic rings. The van der Waals surface area contributed by atoms with Gasteiger partial charge in [-0.3, -0.25) is 9.59 Å². The van der Waals surface area contributed by atoms with E-state index in [4.69, 9.17) is 9.15 Å². The highest BCUT2D eigenvalue weighted by atomic mass is 19.1. The van der Waals surface area contributed by atoms with E-state index in [0.29, 0.717) is 49.7 Å². The maximum Gasteiger partial charge on any atom is 0.289 e. The summed E-state index contributed by atoms with van der Waals surface area (Å²) in [7, 11) is 0. The molecule has 2 heterocycles. The first-order valence-electron chi connectivity index (χ1n) is 10.2. The van der Waals surface area contributed by atoms with Gasteiger partial charge in [-0.2, -0.15) is 0 Å². The first-order valence-corrected chi connectivity index (χ1v) is 10.2. The second kappa shape index (κ2) is 9.47. The average Bonchev–Trinajstić information content (AvgIpc) is 3.34. The molecule has 0 saturated carbocycles. The lowest BCUT2D eigenvalue weighted by atomic mass is 9.95. The molecule has 4 rings (SSSR count). The average molecular weight is 422 g/mol. The highest BCUT2D eigenvalue weighted by Crippen LogP contribution is 2.23. The molecule has 0 aliphatic carbocycles. The van der Waals surface area contributed by atoms with Crippen LogP contribution in [0.5, 0.6) is 5.75 Å². The van der Waals surface area contributed by atoms with Gasteiger partial charge in [-0.25, -0.2) is 4.39 Å². The van der Waals surface area contributed by atoms with Crippen LogP contribution in [0.4, 0.5) is 10.1 Å². The number of rotatable bonds is 6. The van der Waals surface area contributed by atoms with Crippen LogP contribution < -0.4 is 10.1 Å². The van der Waals surface area contributed by atoms with Gasteiger partial charge in [-0.05, 0) is 54.8 Å². The Morgan fingerprint density at radius 1 is 1.06 bits per heavy atom. The second-order valence-corrected chi connectivity index (χ2v) is 7.48. The molecule has 0 atom stereocenters. The van der Waals surface area contributed by atoms with Gasteiger partial charge >= 0.3 is 0 Å². The predicted molar refractivity (Wildman–Crippen MR) is 113 cm³/mol. The molecule has 160 valence electrons. The highest BCUT2D eigenvalue weighted by molar-refractivity contribution is 5.94. The lowest BCUT2D eigenvalue weighted by Crippen LogP contribution is -2.41. The largest absolute Gasteiger partial charge is 0.489 e. The summed E-state index contributed by atoms with van der Waals surface area (Å²) < 4.78 is 23.9. The molecule has 0 unspecified atom stereocenters. The number of nitrogens with one attached hydrogen (secondary N) is 1. The fraction of sp³-hybridized carbons (Fsp3) is 0.250. The van der Waals surface area contributed by atoms with Gasteiger partial charge in [-0.1, -0.05) is 18.2 Å². The van der Waals surface area contributed by atoms with Crippen molar-refractivity contribution in [3.63, 3.8) is 0 Å². The van der Waals surface area contributed by atoms with Crippen LogP contribution in [0.3, 0.4) is 0 Å². The number of furan rings is 1. The topological polar surface area (TPSA) is 71.8 Å². The Labute approximate surface area is 179 Å². The summed E-state index contributed by atoms with van der Waals surface area (Å²) in [6, 6.07) is 16.6. The molecule has 0 spiro atoms. The van der Waals surface area contributed by atoms with Gasteiger partial charge in [0.25, 0.3) is 5.91 Å². The van der Waals surface area contributed by atoms with E-state index in [2.05, 4.69) is 5.32 Å². The SMILES string of the molecule is O=C(Nc1cccc(OCc2ccc(F)cc2)c1)C1CCN(C(=O)c2ccco2)CC1. The summed E-state index contributed by atoms with van der Waals surface area (Å²) in [6.07, 6.45) is 2.67. The van der Waals surface area contributed by atoms with Crippen molar-refractivity contribution in [2.24, 2.45) is 5.92 Å². The van der Waals surface area contributed by atoms with Gasteiger partial charge in [0.15, 0.2) is 5.76 Å². The summed E-state index contributed by atoms with van der Waals surface area (Å²) in [4.78, 5) is 26.7. The van der Waals surface area contributed by atoms with Gasteiger partial charge < -0.3 is 19.4 Å². The summed E-state index contributed by atoms with van der Waals surface area (Å²) >= 11 is 0. The van der Waals surface area contributed by atoms with Crippen molar-refractivity contribution < 1.29 is 23.1 Å². The Kier molecular flexibility index (Phi) is 6.31. The highest BCUT2D eigenvalue weighted by Gasteiger charge is 2.28. The molecule has 1 aromatic heterocycles. The Hall–Kier alpha value is -3.61. The van der Waals surface area contributed by atoms with Crippen molar-refractivity contribution in [2.45, 2.75) is 19.4 Å². The minimum atomic E-state index is -0.287. The third-order valence-electron chi connectivity index (χ3n) is 5.31. The zero-order valence-corrected chi connectivity index (χ0v) is 16.9. The number of carbonyl (C=O) groups is 2. The van der Waals surface area contributed by atoms with Gasteiger partial charge in [0, 0.05) is 30.8 Å². The van der Waals surface area contributed by atoms with E-state index in [1.54, 1.807) is 53.4 Å². The van der Waals surface area contributed by atoms with Crippen molar-refractivity contribution in [1.82, 2.24) is 4.90 Å². The van der Waals surface area contributed by atoms with E-state index in [-0.39, 0.29) is 23.5 Å². The van der Waals surface area contributed by atoms with E-state index in [0.717, 1.165) is 5.56 Å². The third kappa shape index (κ3) is 5.31. The monoisotopic (exact) mass is 422 g/mol. The molecule has 2 amide bonds. The Balaban J connectivity index is 1.28. The number of likely N-dealkylation sites (tertiary alicyclic amines) is 1. The number of anilines is 1. The first kappa shape index (κ1) is 20.7. The number of amides is 2. The van der Waals surface area contributed by atoms with Crippen molar-refractivity contribution in [2.75, 3.05) is 18.4 Å². The fourth-order valence-electron chi connectivity index (χ4n) is 3.56. The first-order chi connectivity index (χ1) is 15.1. The molecule has 1 N–H and O–H groups in total. The number of ether oxygens (including phenoxy) is 1. The lowest BCUT2D eigenvalue weighted by molar-refractivity contribution is -0.121. The molecule has 1 aliphatic rings. The minimum absolute atomic E-state index is 0.0687. The number of carbonyl (C=O) groups excluding carboxylic acids is 2. The van der Waals surface area contributed by atoms with Crippen LogP contribution in [-0.4, -0.2) is 29.8 Å². The molecule has 1 aliphatic heterocycles. The van der Waals surface area contributed by atoms with E-state index >= 15 is 0 Å². The quantitative estimate of drug-likeness (QED) is 0.635. The van der Waals surface area contributed by atoms with Crippen molar-refractivity contribution in [1.29, 1.82) is 0 Å². The van der Waals surface area contributed by atoms with E-state index < -0.39 is 0 Å². The molecule has 0 bridgehead atoms. The fourth-order valence-corrected chi connectivity index (χ4v) is 3.56. The van der Waals surface area contributed by atoms with Crippen molar-refractivity contribution >= 4 is 17.5 Å². The van der Waals surface area contributed by atoms with Crippen molar-refractivity contribution in [3.8, 4) is 5.75 Å². The number of hydrogen-bond donors (Lipinski definition) is 1. The summed E-state index contributed by atoms with van der Waals surface area (Å²) in [5.74, 6) is 0.269. The number of nitrogens with zero attached hydrogens (tertiary/aromatic N) is 1. The molecular weight excluding hydrogens is 399 g/mol. The van der Waals surface area contributed by atoms with E-state index in [1.165, 1.54) is 18.4 Å². The van der Waals surface area contributed by atoms with Crippen LogP contribution in [0.25, 0.3) is 0 Å². The maximum absolute atomic E-state index is 13.0. The molecule has 7 heteroatoms. The minimum Gasteiger partial charge on any atom is -0.489 e.